The maximum atomic E-state index is 13.3. The van der Waals surface area contributed by atoms with Gasteiger partial charge in [-0.25, -0.2) is 4.98 Å². The average Bonchev–Trinajstić information content (AvgIpc) is 3.18. The number of thiazole rings is 1. The fraction of sp³-hybridized carbons (Fsp3) is 0.450. The molecule has 3 aromatic rings. The molecule has 152 valence electrons. The van der Waals surface area contributed by atoms with Crippen LogP contribution in [0.4, 0.5) is 5.13 Å². The minimum absolute atomic E-state index is 0. The molecule has 2 heterocycles. The van der Waals surface area contributed by atoms with Gasteiger partial charge in [-0.05, 0) is 65.0 Å². The minimum atomic E-state index is -0.0967. The Morgan fingerprint density at radius 2 is 1.86 bits per heavy atom. The topological polar surface area (TPSA) is 54.3 Å². The molecule has 6 nitrogen and oxygen atoms in total. The number of anilines is 1. The van der Waals surface area contributed by atoms with Crippen molar-refractivity contribution in [1.82, 2.24) is 19.7 Å². The molecular weight excluding hydrogens is 394 g/mol. The molecule has 0 saturated carbocycles. The number of carbonyl (C=O) groups is 1. The molecular formula is C20H28ClN5OS. The molecule has 0 aliphatic carbocycles. The molecule has 0 fully saturated rings. The van der Waals surface area contributed by atoms with Crippen LogP contribution in [0, 0.1) is 20.8 Å². The highest BCUT2D eigenvalue weighted by molar-refractivity contribution is 7.22. The van der Waals surface area contributed by atoms with E-state index >= 15 is 0 Å². The number of aryl methyl sites for hydroxylation is 4. The Kier molecular flexibility index (Phi) is 7.20. The first kappa shape index (κ1) is 22.3. The van der Waals surface area contributed by atoms with E-state index in [9.17, 15) is 4.79 Å². The number of carbonyl (C=O) groups excluding carboxylic acids is 1. The summed E-state index contributed by atoms with van der Waals surface area (Å²) in [6, 6.07) is 6.12. The summed E-state index contributed by atoms with van der Waals surface area (Å²) in [6.07, 6.45) is 0. The van der Waals surface area contributed by atoms with Gasteiger partial charge in [-0.15, -0.1) is 12.4 Å². The number of nitrogens with zero attached hydrogens (tertiary/aromatic N) is 5. The van der Waals surface area contributed by atoms with Crippen molar-refractivity contribution in [3.63, 3.8) is 0 Å². The van der Waals surface area contributed by atoms with Crippen molar-refractivity contribution >= 4 is 45.0 Å². The standard InChI is InChI=1S/C20H27N5OS.ClH/c1-7-25-15(4)12-16(22-25)19(26)24(9-8-23(5)6)20-21-18-14(3)10-13(2)11-17(18)27-20;/h10-12H,7-9H2,1-6H3;1H. The molecule has 2 aromatic heterocycles. The number of aromatic nitrogens is 3. The number of hydrogen-bond donors (Lipinski definition) is 0. The summed E-state index contributed by atoms with van der Waals surface area (Å²) in [5, 5.41) is 5.21. The quantitative estimate of drug-likeness (QED) is 0.602. The maximum absolute atomic E-state index is 13.3. The van der Waals surface area contributed by atoms with Gasteiger partial charge in [-0.2, -0.15) is 5.10 Å². The first-order valence-electron chi connectivity index (χ1n) is 9.19. The lowest BCUT2D eigenvalue weighted by molar-refractivity contribution is 0.0979. The highest BCUT2D eigenvalue weighted by Crippen LogP contribution is 2.32. The molecule has 0 radical (unpaired) electrons. The third-order valence-corrected chi connectivity index (χ3v) is 5.59. The Bertz CT molecular complexity index is 979. The zero-order chi connectivity index (χ0) is 19.7. The van der Waals surface area contributed by atoms with E-state index < -0.39 is 0 Å². The van der Waals surface area contributed by atoms with Gasteiger partial charge in [0.15, 0.2) is 10.8 Å². The minimum Gasteiger partial charge on any atom is -0.308 e. The van der Waals surface area contributed by atoms with Crippen LogP contribution in [0.5, 0.6) is 0 Å². The largest absolute Gasteiger partial charge is 0.308 e. The third kappa shape index (κ3) is 4.54. The van der Waals surface area contributed by atoms with Crippen LogP contribution in [0.3, 0.4) is 0 Å². The van der Waals surface area contributed by atoms with Crippen molar-refractivity contribution in [1.29, 1.82) is 0 Å². The zero-order valence-corrected chi connectivity index (χ0v) is 18.9. The summed E-state index contributed by atoms with van der Waals surface area (Å²) in [5.41, 5.74) is 4.78. The number of rotatable bonds is 6. The lowest BCUT2D eigenvalue weighted by atomic mass is 10.1. The average molecular weight is 422 g/mol. The summed E-state index contributed by atoms with van der Waals surface area (Å²) in [5.74, 6) is -0.0967. The van der Waals surface area contributed by atoms with Gasteiger partial charge in [0, 0.05) is 25.3 Å². The van der Waals surface area contributed by atoms with Crippen LogP contribution in [-0.4, -0.2) is 52.8 Å². The Labute approximate surface area is 176 Å². The van der Waals surface area contributed by atoms with E-state index in [0.717, 1.165) is 39.7 Å². The molecule has 1 amide bonds. The van der Waals surface area contributed by atoms with Crippen molar-refractivity contribution < 1.29 is 4.79 Å². The Morgan fingerprint density at radius 1 is 1.14 bits per heavy atom. The number of likely N-dealkylation sites (N-methyl/N-ethyl adjacent to an activating group) is 1. The molecule has 0 spiro atoms. The predicted molar refractivity (Wildman–Crippen MR) is 119 cm³/mol. The van der Waals surface area contributed by atoms with Gasteiger partial charge in [0.05, 0.1) is 10.2 Å². The summed E-state index contributed by atoms with van der Waals surface area (Å²) in [4.78, 5) is 21.9. The van der Waals surface area contributed by atoms with Gasteiger partial charge < -0.3 is 4.90 Å². The van der Waals surface area contributed by atoms with Crippen LogP contribution >= 0.6 is 23.7 Å². The van der Waals surface area contributed by atoms with Crippen molar-refractivity contribution in [2.45, 2.75) is 34.2 Å². The van der Waals surface area contributed by atoms with Gasteiger partial charge in [0.1, 0.15) is 0 Å². The highest BCUT2D eigenvalue weighted by Gasteiger charge is 2.24. The van der Waals surface area contributed by atoms with E-state index in [1.54, 1.807) is 16.2 Å². The zero-order valence-electron chi connectivity index (χ0n) is 17.3. The second-order valence-corrected chi connectivity index (χ2v) is 8.18. The molecule has 3 rings (SSSR count). The Balaban J connectivity index is 0.00000280. The summed E-state index contributed by atoms with van der Waals surface area (Å²) in [6.45, 7) is 10.2. The number of hydrogen-bond acceptors (Lipinski definition) is 5. The van der Waals surface area contributed by atoms with E-state index in [4.69, 9.17) is 4.98 Å². The number of amides is 1. The van der Waals surface area contributed by atoms with Gasteiger partial charge in [-0.1, -0.05) is 17.4 Å². The third-order valence-electron chi connectivity index (χ3n) is 4.57. The smallest absolute Gasteiger partial charge is 0.280 e. The summed E-state index contributed by atoms with van der Waals surface area (Å²) >= 11 is 1.57. The van der Waals surface area contributed by atoms with Crippen LogP contribution in [0.25, 0.3) is 10.2 Å². The van der Waals surface area contributed by atoms with Gasteiger partial charge in [0.2, 0.25) is 0 Å². The molecule has 0 aliphatic rings. The Hall–Kier alpha value is -1.96. The van der Waals surface area contributed by atoms with E-state index in [1.165, 1.54) is 5.56 Å². The molecule has 0 unspecified atom stereocenters. The molecule has 28 heavy (non-hydrogen) atoms. The van der Waals surface area contributed by atoms with Crippen molar-refractivity contribution in [3.8, 4) is 0 Å². The predicted octanol–water partition coefficient (Wildman–Crippen LogP) is 4.07. The molecule has 8 heteroatoms. The van der Waals surface area contributed by atoms with Crippen molar-refractivity contribution in [3.05, 3.63) is 40.7 Å². The normalized spacial score (nSPS) is 11.1. The second kappa shape index (κ2) is 9.03. The van der Waals surface area contributed by atoms with E-state index in [-0.39, 0.29) is 18.3 Å². The summed E-state index contributed by atoms with van der Waals surface area (Å²) in [7, 11) is 4.01. The second-order valence-electron chi connectivity index (χ2n) is 7.17. The van der Waals surface area contributed by atoms with E-state index in [1.807, 2.05) is 38.7 Å². The van der Waals surface area contributed by atoms with E-state index in [2.05, 4.69) is 36.0 Å². The van der Waals surface area contributed by atoms with Crippen LogP contribution in [-0.2, 0) is 6.54 Å². The molecule has 0 atom stereocenters. The molecule has 0 N–H and O–H groups in total. The molecule has 1 aromatic carbocycles. The van der Waals surface area contributed by atoms with Crippen molar-refractivity contribution in [2.24, 2.45) is 0 Å². The molecule has 0 aliphatic heterocycles. The lowest BCUT2D eigenvalue weighted by Gasteiger charge is -2.21. The van der Waals surface area contributed by atoms with E-state index in [0.29, 0.717) is 12.2 Å². The first-order chi connectivity index (χ1) is 12.8. The molecule has 0 saturated heterocycles. The Morgan fingerprint density at radius 3 is 2.46 bits per heavy atom. The van der Waals surface area contributed by atoms with Crippen LogP contribution in [0.15, 0.2) is 18.2 Å². The van der Waals surface area contributed by atoms with Crippen LogP contribution in [0.2, 0.25) is 0 Å². The van der Waals surface area contributed by atoms with Gasteiger partial charge in [0.25, 0.3) is 5.91 Å². The first-order valence-corrected chi connectivity index (χ1v) is 10.0. The monoisotopic (exact) mass is 421 g/mol. The number of fused-ring (bicyclic) bond motifs is 1. The van der Waals surface area contributed by atoms with Crippen molar-refractivity contribution in [2.75, 3.05) is 32.1 Å². The highest BCUT2D eigenvalue weighted by atomic mass is 35.5. The summed E-state index contributed by atoms with van der Waals surface area (Å²) < 4.78 is 2.96. The number of halogens is 1. The SMILES string of the molecule is CCn1nc(C(=O)N(CCN(C)C)c2nc3c(C)cc(C)cc3s2)cc1C.Cl. The molecule has 0 bridgehead atoms. The lowest BCUT2D eigenvalue weighted by Crippen LogP contribution is -2.37. The van der Waals surface area contributed by atoms with Crippen LogP contribution < -0.4 is 4.90 Å². The number of benzene rings is 1. The van der Waals surface area contributed by atoms with Gasteiger partial charge >= 0.3 is 0 Å². The van der Waals surface area contributed by atoms with Gasteiger partial charge in [-0.3, -0.25) is 14.4 Å². The fourth-order valence-corrected chi connectivity index (χ4v) is 4.30. The maximum Gasteiger partial charge on any atom is 0.280 e. The fourth-order valence-electron chi connectivity index (χ4n) is 3.13. The van der Waals surface area contributed by atoms with Crippen LogP contribution in [0.1, 0.15) is 34.2 Å².